The normalized spacial score (nSPS) is 17.6. The van der Waals surface area contributed by atoms with Gasteiger partial charge in [-0.15, -0.1) is 0 Å². The second-order valence-electron chi connectivity index (χ2n) is 13.6. The Morgan fingerprint density at radius 1 is 1.13 bits per heavy atom. The highest BCUT2D eigenvalue weighted by Crippen LogP contribution is 2.35. The van der Waals surface area contributed by atoms with Gasteiger partial charge in [0.15, 0.2) is 18.2 Å². The van der Waals surface area contributed by atoms with E-state index in [1.807, 2.05) is 42.1 Å². The number of ether oxygens (including phenoxy) is 1. The van der Waals surface area contributed by atoms with Crippen molar-refractivity contribution >= 4 is 74.3 Å². The smallest absolute Gasteiger partial charge is 0.293 e. The third kappa shape index (κ3) is 7.20. The number of aryl methyl sites for hydroxylation is 2. The van der Waals surface area contributed by atoms with Crippen LogP contribution in [0.15, 0.2) is 53.5 Å². The first-order valence-corrected chi connectivity index (χ1v) is 17.9. The molecule has 2 aliphatic heterocycles. The molecule has 3 amide bonds. The first-order valence-electron chi connectivity index (χ1n) is 17.5. The molecule has 1 unspecified atom stereocenters. The molecule has 3 aromatic heterocycles. The number of halogens is 1. The van der Waals surface area contributed by atoms with Gasteiger partial charge in [-0.25, -0.2) is 4.98 Å². The van der Waals surface area contributed by atoms with Gasteiger partial charge in [-0.05, 0) is 55.5 Å². The molecule has 2 saturated heterocycles. The van der Waals surface area contributed by atoms with Gasteiger partial charge in [-0.2, -0.15) is 10.1 Å². The molecule has 5 heterocycles. The van der Waals surface area contributed by atoms with E-state index in [1.54, 1.807) is 19.3 Å². The minimum atomic E-state index is -0.465. The lowest BCUT2D eigenvalue weighted by molar-refractivity contribution is -0.134. The average Bonchev–Trinajstić information content (AvgIpc) is 3.49. The summed E-state index contributed by atoms with van der Waals surface area (Å²) in [5.74, 6) is 0.0608. The molecule has 0 spiro atoms. The van der Waals surface area contributed by atoms with E-state index in [0.29, 0.717) is 52.4 Å². The molecular weight excluding hydrogens is 700 g/mol. The molecule has 5 aromatic rings. The number of fused-ring (bicyclic) bond motifs is 2. The topological polar surface area (TPSA) is 169 Å². The summed E-state index contributed by atoms with van der Waals surface area (Å²) in [4.78, 5) is 62.8. The minimum absolute atomic E-state index is 0.0717. The number of imide groups is 1. The van der Waals surface area contributed by atoms with E-state index in [0.717, 1.165) is 54.5 Å². The van der Waals surface area contributed by atoms with Crippen molar-refractivity contribution in [2.24, 2.45) is 20.0 Å². The fourth-order valence-electron chi connectivity index (χ4n) is 7.33. The monoisotopic (exact) mass is 740 g/mol. The average molecular weight is 741 g/mol. The van der Waals surface area contributed by atoms with Gasteiger partial charge in [0.2, 0.25) is 17.8 Å². The van der Waals surface area contributed by atoms with Crippen LogP contribution in [0.4, 0.5) is 23.1 Å². The Hall–Kier alpha value is -5.70. The van der Waals surface area contributed by atoms with Crippen molar-refractivity contribution in [2.75, 3.05) is 55.5 Å². The van der Waals surface area contributed by atoms with Crippen LogP contribution in [0.1, 0.15) is 37.3 Å². The summed E-state index contributed by atoms with van der Waals surface area (Å²) >= 11 is 6.59. The number of rotatable bonds is 10. The SMILES string of the molecule is CNC(=O)COc1cc2cc(Nc3nc(N4CCC[C@H](CN(C)c5cccc6c(C7CCC(=O)NC7=O)nn(C)c56)C4)ncc3Cl)ccc2n(C)c1=O. The number of pyridine rings is 1. The van der Waals surface area contributed by atoms with Crippen LogP contribution in [0.5, 0.6) is 5.75 Å². The van der Waals surface area contributed by atoms with Gasteiger partial charge < -0.3 is 29.7 Å². The molecule has 2 fully saturated rings. The Bertz CT molecular complexity index is 2310. The molecule has 7 rings (SSSR count). The van der Waals surface area contributed by atoms with Crippen LogP contribution in [-0.4, -0.2) is 82.4 Å². The molecule has 16 heteroatoms. The minimum Gasteiger partial charge on any atom is -0.478 e. The predicted molar refractivity (Wildman–Crippen MR) is 203 cm³/mol. The lowest BCUT2D eigenvalue weighted by Gasteiger charge is -2.35. The molecule has 3 N–H and O–H groups in total. The van der Waals surface area contributed by atoms with Gasteiger partial charge in [-0.3, -0.25) is 29.2 Å². The summed E-state index contributed by atoms with van der Waals surface area (Å²) in [5.41, 5.74) is 3.71. The van der Waals surface area contributed by atoms with Gasteiger partial charge in [0.25, 0.3) is 11.5 Å². The maximum Gasteiger partial charge on any atom is 0.293 e. The van der Waals surface area contributed by atoms with Crippen LogP contribution in [0.25, 0.3) is 21.8 Å². The Morgan fingerprint density at radius 2 is 1.96 bits per heavy atom. The number of nitrogens with one attached hydrogen (secondary N) is 3. The Labute approximate surface area is 310 Å². The maximum absolute atomic E-state index is 12.8. The van der Waals surface area contributed by atoms with Crippen molar-refractivity contribution in [2.45, 2.75) is 31.6 Å². The van der Waals surface area contributed by atoms with E-state index in [2.05, 4.69) is 43.8 Å². The van der Waals surface area contributed by atoms with Crippen LogP contribution in [0.2, 0.25) is 5.02 Å². The highest BCUT2D eigenvalue weighted by atomic mass is 35.5. The van der Waals surface area contributed by atoms with Crippen LogP contribution >= 0.6 is 11.6 Å². The van der Waals surface area contributed by atoms with Crippen molar-refractivity contribution in [1.82, 2.24) is 34.9 Å². The fourth-order valence-corrected chi connectivity index (χ4v) is 7.47. The zero-order chi connectivity index (χ0) is 37.4. The molecule has 276 valence electrons. The van der Waals surface area contributed by atoms with Crippen molar-refractivity contribution < 1.29 is 19.1 Å². The summed E-state index contributed by atoms with van der Waals surface area (Å²) in [6, 6.07) is 13.2. The van der Waals surface area contributed by atoms with E-state index in [9.17, 15) is 19.2 Å². The van der Waals surface area contributed by atoms with Crippen LogP contribution < -0.4 is 36.0 Å². The highest BCUT2D eigenvalue weighted by Gasteiger charge is 2.32. The van der Waals surface area contributed by atoms with Crippen molar-refractivity contribution in [3.05, 3.63) is 69.7 Å². The fraction of sp³-hybridized carbons (Fsp3) is 0.378. The number of aromatic nitrogens is 5. The molecule has 0 radical (unpaired) electrons. The Balaban J connectivity index is 1.07. The van der Waals surface area contributed by atoms with E-state index < -0.39 is 5.92 Å². The number of carbonyl (C=O) groups excluding carboxylic acids is 3. The number of likely N-dealkylation sites (N-methyl/N-ethyl adjacent to an activating group) is 1. The lowest BCUT2D eigenvalue weighted by Crippen LogP contribution is -2.41. The molecular formula is C37H41ClN10O5. The largest absolute Gasteiger partial charge is 0.478 e. The lowest BCUT2D eigenvalue weighted by atomic mass is 9.92. The third-order valence-electron chi connectivity index (χ3n) is 10.0. The highest BCUT2D eigenvalue weighted by molar-refractivity contribution is 6.33. The molecule has 2 aliphatic rings. The first kappa shape index (κ1) is 35.7. The number of nitrogens with zero attached hydrogens (tertiary/aromatic N) is 7. The van der Waals surface area contributed by atoms with Crippen LogP contribution in [0, 0.1) is 5.92 Å². The van der Waals surface area contributed by atoms with Gasteiger partial charge in [0, 0.05) is 70.7 Å². The van der Waals surface area contributed by atoms with Gasteiger partial charge in [0.05, 0.1) is 34.5 Å². The van der Waals surface area contributed by atoms with Crippen LogP contribution in [0.3, 0.4) is 0 Å². The number of anilines is 4. The number of piperidine rings is 2. The second kappa shape index (κ2) is 14.7. The molecule has 15 nitrogen and oxygen atoms in total. The summed E-state index contributed by atoms with van der Waals surface area (Å²) in [6.07, 6.45) is 4.35. The first-order chi connectivity index (χ1) is 25.5. The van der Waals surface area contributed by atoms with E-state index in [1.165, 1.54) is 11.6 Å². The van der Waals surface area contributed by atoms with Crippen molar-refractivity contribution in [3.8, 4) is 5.75 Å². The number of hydrogen-bond donors (Lipinski definition) is 3. The summed E-state index contributed by atoms with van der Waals surface area (Å²) < 4.78 is 8.82. The van der Waals surface area contributed by atoms with Gasteiger partial charge in [-0.1, -0.05) is 23.7 Å². The Kier molecular flexibility index (Phi) is 9.92. The predicted octanol–water partition coefficient (Wildman–Crippen LogP) is 3.61. The van der Waals surface area contributed by atoms with E-state index in [4.69, 9.17) is 26.4 Å². The standard InChI is InChI=1S/C37H41ClN10O5/c1-39-31(50)20-53-29-16-22-15-23(10-12-27(22)46(3)36(29)52)41-34-26(38)17-40-37(43-34)48-14-6-7-21(19-48)18-45(2)28-9-5-8-24-32(44-47(4)33(24)28)25-11-13-30(49)42-35(25)51/h5,8-10,12,15-17,21,25H,6-7,11,13-14,18-20H2,1-4H3,(H,39,50)(H,40,41,43)(H,42,49,51)/t21-,25?/m1/s1. The molecule has 2 atom stereocenters. The number of hydrogen-bond acceptors (Lipinski definition) is 11. The van der Waals surface area contributed by atoms with Crippen molar-refractivity contribution in [1.29, 1.82) is 0 Å². The maximum atomic E-state index is 12.8. The third-order valence-corrected chi connectivity index (χ3v) is 10.3. The molecule has 2 aromatic carbocycles. The van der Waals surface area contributed by atoms with E-state index in [-0.39, 0.29) is 35.6 Å². The summed E-state index contributed by atoms with van der Waals surface area (Å²) in [7, 11) is 7.12. The van der Waals surface area contributed by atoms with Gasteiger partial charge in [0.1, 0.15) is 5.02 Å². The Morgan fingerprint density at radius 3 is 2.75 bits per heavy atom. The number of carbonyl (C=O) groups is 3. The van der Waals surface area contributed by atoms with Crippen LogP contribution in [-0.2, 0) is 28.5 Å². The molecule has 0 aliphatic carbocycles. The molecule has 0 bridgehead atoms. The van der Waals surface area contributed by atoms with E-state index >= 15 is 0 Å². The number of benzene rings is 2. The summed E-state index contributed by atoms with van der Waals surface area (Å²) in [5, 5.41) is 15.0. The quantitative estimate of drug-likeness (QED) is 0.179. The zero-order valence-corrected chi connectivity index (χ0v) is 30.7. The number of para-hydroxylation sites is 1. The molecule has 0 saturated carbocycles. The zero-order valence-electron chi connectivity index (χ0n) is 30.0. The second-order valence-corrected chi connectivity index (χ2v) is 14.0. The van der Waals surface area contributed by atoms with Gasteiger partial charge >= 0.3 is 0 Å². The molecule has 53 heavy (non-hydrogen) atoms. The number of amides is 3. The summed E-state index contributed by atoms with van der Waals surface area (Å²) in [6.45, 7) is 2.06. The van der Waals surface area contributed by atoms with Crippen molar-refractivity contribution in [3.63, 3.8) is 0 Å².